The number of pyridine rings is 1. The first-order chi connectivity index (χ1) is 14.1. The van der Waals surface area contributed by atoms with Crippen molar-refractivity contribution in [2.45, 2.75) is 12.0 Å². The smallest absolute Gasteiger partial charge is 0.252 e. The van der Waals surface area contributed by atoms with Gasteiger partial charge in [-0.25, -0.2) is 0 Å². The van der Waals surface area contributed by atoms with Gasteiger partial charge in [0.1, 0.15) is 0 Å². The molecule has 2 aliphatic rings. The topological polar surface area (TPSA) is 94.7 Å². The van der Waals surface area contributed by atoms with E-state index in [0.717, 1.165) is 13.1 Å². The van der Waals surface area contributed by atoms with Crippen LogP contribution in [0.1, 0.15) is 21.8 Å². The molecule has 0 bridgehead atoms. The van der Waals surface area contributed by atoms with E-state index in [9.17, 15) is 14.7 Å². The highest BCUT2D eigenvalue weighted by molar-refractivity contribution is 5.93. The van der Waals surface area contributed by atoms with Crippen molar-refractivity contribution in [2.75, 3.05) is 39.9 Å². The number of benzene rings is 1. The first kappa shape index (κ1) is 19.8. The van der Waals surface area contributed by atoms with E-state index in [2.05, 4.69) is 27.3 Å². The summed E-state index contributed by atoms with van der Waals surface area (Å²) < 4.78 is 5.20. The minimum Gasteiger partial charge on any atom is -0.391 e. The van der Waals surface area contributed by atoms with Crippen LogP contribution >= 0.6 is 0 Å². The van der Waals surface area contributed by atoms with Crippen molar-refractivity contribution in [1.82, 2.24) is 15.2 Å². The van der Waals surface area contributed by atoms with E-state index in [0.29, 0.717) is 25.3 Å². The van der Waals surface area contributed by atoms with E-state index in [-0.39, 0.29) is 28.7 Å². The predicted molar refractivity (Wildman–Crippen MR) is 109 cm³/mol. The number of aliphatic hydroxyl groups is 1. The van der Waals surface area contributed by atoms with Crippen LogP contribution in [0.15, 0.2) is 53.5 Å². The number of H-pyrrole nitrogens is 1. The van der Waals surface area contributed by atoms with Gasteiger partial charge in [-0.1, -0.05) is 30.3 Å². The van der Waals surface area contributed by atoms with E-state index in [1.54, 1.807) is 7.11 Å². The fraction of sp³-hybridized carbons (Fsp3) is 0.455. The largest absolute Gasteiger partial charge is 0.391 e. The summed E-state index contributed by atoms with van der Waals surface area (Å²) in [6, 6.07) is 13.1. The highest BCUT2D eigenvalue weighted by Crippen LogP contribution is 2.68. The van der Waals surface area contributed by atoms with Crippen LogP contribution in [0.5, 0.6) is 0 Å². The Bertz CT molecular complexity index is 895. The monoisotopic (exact) mass is 397 g/mol. The number of carbonyl (C=O) groups excluding carboxylic acids is 1. The molecule has 4 rings (SSSR count). The third kappa shape index (κ3) is 3.73. The Morgan fingerprint density at radius 3 is 2.79 bits per heavy atom. The number of hydrogen-bond acceptors (Lipinski definition) is 5. The molecule has 7 heteroatoms. The quantitative estimate of drug-likeness (QED) is 0.643. The maximum absolute atomic E-state index is 12.5. The third-order valence-electron chi connectivity index (χ3n) is 6.41. The first-order valence-electron chi connectivity index (χ1n) is 9.97. The summed E-state index contributed by atoms with van der Waals surface area (Å²) in [5, 5.41) is 14.0. The van der Waals surface area contributed by atoms with Crippen LogP contribution in [0.2, 0.25) is 0 Å². The number of likely N-dealkylation sites (tertiary alicyclic amines) is 1. The highest BCUT2D eigenvalue weighted by Gasteiger charge is 2.70. The van der Waals surface area contributed by atoms with Crippen molar-refractivity contribution in [3.63, 3.8) is 0 Å². The summed E-state index contributed by atoms with van der Waals surface area (Å²) in [5.74, 6) is 0.125. The van der Waals surface area contributed by atoms with E-state index in [4.69, 9.17) is 4.74 Å². The Morgan fingerprint density at radius 1 is 1.31 bits per heavy atom. The second-order valence-corrected chi connectivity index (χ2v) is 8.00. The molecular formula is C22H27N3O4. The number of amides is 1. The Morgan fingerprint density at radius 2 is 2.10 bits per heavy atom. The number of nitrogens with one attached hydrogen (secondary N) is 2. The first-order valence-corrected chi connectivity index (χ1v) is 9.97. The summed E-state index contributed by atoms with van der Waals surface area (Å²) in [6.45, 7) is 3.31. The summed E-state index contributed by atoms with van der Waals surface area (Å²) in [4.78, 5) is 28.5. The van der Waals surface area contributed by atoms with Crippen LogP contribution < -0.4 is 10.9 Å². The highest BCUT2D eigenvalue weighted by atomic mass is 16.5. The number of nitrogens with zero attached hydrogens (tertiary/aromatic N) is 1. The second kappa shape index (κ2) is 8.10. The number of β-amino-alcohol motifs (C(OH)–C–C–N with tert-alkyl or cyclic N) is 1. The molecule has 2 fully saturated rings. The summed E-state index contributed by atoms with van der Waals surface area (Å²) in [5.41, 5.74) is 1.12. The van der Waals surface area contributed by atoms with Gasteiger partial charge in [0, 0.05) is 51.0 Å². The summed E-state index contributed by atoms with van der Waals surface area (Å²) in [7, 11) is 1.68. The molecule has 2 aromatic rings. The standard InChI is InChI=1S/C22H27N3O4/c1-29-10-9-25-13-18(26)22(14-25)17(20(22)15-5-3-2-4-6-15)12-24-21(28)16-7-8-19(27)23-11-16/h2-8,11,17-18,20,26H,9-10,12-14H2,1H3,(H,23,27)(H,24,28)/t17-,18+,20-,22-/m1/s1. The van der Waals surface area contributed by atoms with Crippen LogP contribution in [-0.2, 0) is 4.74 Å². The number of aromatic nitrogens is 1. The van der Waals surface area contributed by atoms with Gasteiger partial charge in [-0.15, -0.1) is 0 Å². The van der Waals surface area contributed by atoms with Crippen molar-refractivity contribution in [2.24, 2.45) is 11.3 Å². The van der Waals surface area contributed by atoms with E-state index >= 15 is 0 Å². The zero-order chi connectivity index (χ0) is 20.4. The van der Waals surface area contributed by atoms with Gasteiger partial charge in [-0.3, -0.25) is 14.5 Å². The van der Waals surface area contributed by atoms with E-state index in [1.165, 1.54) is 23.9 Å². The number of methoxy groups -OCH3 is 1. The van der Waals surface area contributed by atoms with Crippen molar-refractivity contribution in [1.29, 1.82) is 0 Å². The number of aliphatic hydroxyl groups excluding tert-OH is 1. The van der Waals surface area contributed by atoms with E-state index in [1.807, 2.05) is 18.2 Å². The molecule has 154 valence electrons. The van der Waals surface area contributed by atoms with Gasteiger partial charge in [0.15, 0.2) is 0 Å². The van der Waals surface area contributed by atoms with Gasteiger partial charge in [0.2, 0.25) is 5.56 Å². The molecule has 29 heavy (non-hydrogen) atoms. The Balaban J connectivity index is 1.50. The molecule has 1 aromatic heterocycles. The predicted octanol–water partition coefficient (Wildman–Crippen LogP) is 0.828. The lowest BCUT2D eigenvalue weighted by atomic mass is 9.95. The van der Waals surface area contributed by atoms with Gasteiger partial charge in [0.25, 0.3) is 5.91 Å². The number of rotatable bonds is 7. The summed E-state index contributed by atoms with van der Waals surface area (Å²) >= 11 is 0. The molecule has 1 aliphatic heterocycles. The number of ether oxygens (including phenoxy) is 1. The minimum atomic E-state index is -0.445. The lowest BCUT2D eigenvalue weighted by Gasteiger charge is -2.16. The normalized spacial score (nSPS) is 28.6. The zero-order valence-corrected chi connectivity index (χ0v) is 16.5. The van der Waals surface area contributed by atoms with Crippen molar-refractivity contribution < 1.29 is 14.6 Å². The molecule has 1 saturated carbocycles. The van der Waals surface area contributed by atoms with E-state index < -0.39 is 6.10 Å². The molecule has 0 unspecified atom stereocenters. The van der Waals surface area contributed by atoms with Crippen LogP contribution in [0.3, 0.4) is 0 Å². The van der Waals surface area contributed by atoms with Gasteiger partial charge in [-0.2, -0.15) is 0 Å². The lowest BCUT2D eigenvalue weighted by Crippen LogP contribution is -2.30. The molecule has 4 atom stereocenters. The number of carbonyl (C=O) groups is 1. The molecule has 1 spiro atoms. The summed E-state index contributed by atoms with van der Waals surface area (Å²) in [6.07, 6.45) is 0.978. The molecule has 7 nitrogen and oxygen atoms in total. The third-order valence-corrected chi connectivity index (χ3v) is 6.41. The molecule has 0 radical (unpaired) electrons. The zero-order valence-electron chi connectivity index (χ0n) is 16.5. The molecule has 2 heterocycles. The molecular weight excluding hydrogens is 370 g/mol. The Labute approximate surface area is 169 Å². The fourth-order valence-electron chi connectivity index (χ4n) is 4.94. The molecule has 1 amide bonds. The molecule has 3 N–H and O–H groups in total. The maximum Gasteiger partial charge on any atom is 0.252 e. The molecule has 1 aromatic carbocycles. The van der Waals surface area contributed by atoms with Crippen LogP contribution in [0.4, 0.5) is 0 Å². The van der Waals surface area contributed by atoms with Crippen LogP contribution in [0.25, 0.3) is 0 Å². The Kier molecular flexibility index (Phi) is 5.54. The minimum absolute atomic E-state index is 0.152. The van der Waals surface area contributed by atoms with Gasteiger partial charge in [-0.05, 0) is 23.5 Å². The lowest BCUT2D eigenvalue weighted by molar-refractivity contribution is 0.0938. The van der Waals surface area contributed by atoms with Crippen molar-refractivity contribution in [3.8, 4) is 0 Å². The SMILES string of the molecule is COCCN1C[C@H](O)[C@@]2(C1)[C@H](CNC(=O)c1ccc(=O)[nH]c1)[C@H]2c1ccccc1. The average molecular weight is 397 g/mol. The number of aromatic amines is 1. The Hall–Kier alpha value is -2.48. The van der Waals surface area contributed by atoms with Crippen LogP contribution in [-0.4, -0.2) is 66.9 Å². The second-order valence-electron chi connectivity index (χ2n) is 8.00. The average Bonchev–Trinajstić information content (AvgIpc) is 3.26. The van der Waals surface area contributed by atoms with Crippen molar-refractivity contribution in [3.05, 3.63) is 70.1 Å². The van der Waals surface area contributed by atoms with Gasteiger partial charge >= 0.3 is 0 Å². The van der Waals surface area contributed by atoms with Gasteiger partial charge < -0.3 is 20.1 Å². The maximum atomic E-state index is 12.5. The number of hydrogen-bond donors (Lipinski definition) is 3. The molecule has 1 saturated heterocycles. The molecule has 1 aliphatic carbocycles. The fourth-order valence-corrected chi connectivity index (χ4v) is 4.94. The van der Waals surface area contributed by atoms with Crippen molar-refractivity contribution >= 4 is 5.91 Å². The van der Waals surface area contributed by atoms with Crippen LogP contribution in [0, 0.1) is 11.3 Å². The van der Waals surface area contributed by atoms with Gasteiger partial charge in [0.05, 0.1) is 18.3 Å².